The highest BCUT2D eigenvalue weighted by atomic mass is 19.4. The van der Waals surface area contributed by atoms with Crippen molar-refractivity contribution in [2.75, 3.05) is 6.61 Å². The summed E-state index contributed by atoms with van der Waals surface area (Å²) in [6.07, 6.45) is -2.84. The maximum Gasteiger partial charge on any atom is 0.391 e. The number of rotatable bonds is 4. The first kappa shape index (κ1) is 12.4. The third-order valence-corrected chi connectivity index (χ3v) is 1.50. The fourth-order valence-electron chi connectivity index (χ4n) is 0.784. The van der Waals surface area contributed by atoms with Gasteiger partial charge >= 0.3 is 12.1 Å². The molecule has 88 valence electrons. The highest BCUT2D eigenvalue weighted by Crippen LogP contribution is 2.19. The summed E-state index contributed by atoms with van der Waals surface area (Å²) in [6, 6.07) is 2.90. The van der Waals surface area contributed by atoms with Gasteiger partial charge in [0.15, 0.2) is 0 Å². The molecule has 0 spiro atoms. The van der Waals surface area contributed by atoms with Gasteiger partial charge in [-0.15, -0.1) is 0 Å². The van der Waals surface area contributed by atoms with E-state index in [-0.39, 0.29) is 5.56 Å². The van der Waals surface area contributed by atoms with Gasteiger partial charge in [0.05, 0.1) is 12.0 Å². The van der Waals surface area contributed by atoms with Crippen molar-refractivity contribution >= 4 is 5.97 Å². The van der Waals surface area contributed by atoms with E-state index in [4.69, 9.17) is 0 Å². The predicted molar refractivity (Wildman–Crippen MR) is 46.3 cm³/mol. The van der Waals surface area contributed by atoms with Crippen LogP contribution in [0.25, 0.3) is 0 Å². The van der Waals surface area contributed by atoms with Gasteiger partial charge in [-0.3, -0.25) is 9.87 Å². The Hall–Kier alpha value is -1.63. The molecule has 16 heavy (non-hydrogen) atoms. The predicted octanol–water partition coefficient (Wildman–Crippen LogP) is 2.12. The summed E-state index contributed by atoms with van der Waals surface area (Å²) in [6.45, 7) is -0.727. The van der Waals surface area contributed by atoms with Crippen LogP contribution in [0.5, 0.6) is 0 Å². The van der Waals surface area contributed by atoms with Crippen molar-refractivity contribution in [2.45, 2.75) is 12.6 Å². The van der Waals surface area contributed by atoms with E-state index in [1.807, 2.05) is 0 Å². The third-order valence-electron chi connectivity index (χ3n) is 1.50. The van der Waals surface area contributed by atoms with Crippen LogP contribution in [0.15, 0.2) is 24.5 Å². The Morgan fingerprint density at radius 3 is 2.75 bits per heavy atom. The van der Waals surface area contributed by atoms with Crippen LogP contribution in [0, 0.1) is 0 Å². The fourth-order valence-corrected chi connectivity index (χ4v) is 0.784. The number of halogens is 3. The number of aromatic nitrogens is 1. The number of alkyl halides is 3. The molecule has 0 unspecified atom stereocenters. The van der Waals surface area contributed by atoms with Gasteiger partial charge in [-0.1, -0.05) is 0 Å². The summed E-state index contributed by atoms with van der Waals surface area (Å²) in [4.78, 5) is 23.0. The second kappa shape index (κ2) is 5.45. The normalized spacial score (nSPS) is 11.2. The maximum absolute atomic E-state index is 11.7. The van der Waals surface area contributed by atoms with Gasteiger partial charge < -0.3 is 0 Å². The molecule has 4 nitrogen and oxygen atoms in total. The van der Waals surface area contributed by atoms with E-state index in [0.29, 0.717) is 0 Å². The number of carbonyl (C=O) groups is 1. The van der Waals surface area contributed by atoms with E-state index in [0.717, 1.165) is 0 Å². The smallest absolute Gasteiger partial charge is 0.293 e. The quantitative estimate of drug-likeness (QED) is 0.455. The van der Waals surface area contributed by atoms with Crippen LogP contribution in [0.4, 0.5) is 13.2 Å². The van der Waals surface area contributed by atoms with E-state index in [1.54, 1.807) is 0 Å². The zero-order valence-corrected chi connectivity index (χ0v) is 8.03. The van der Waals surface area contributed by atoms with Crippen molar-refractivity contribution in [3.05, 3.63) is 30.1 Å². The molecule has 7 heteroatoms. The van der Waals surface area contributed by atoms with E-state index in [1.165, 1.54) is 24.5 Å². The number of nitrogens with zero attached hydrogens (tertiary/aromatic N) is 1. The van der Waals surface area contributed by atoms with Crippen molar-refractivity contribution in [3.8, 4) is 0 Å². The second-order valence-electron chi connectivity index (χ2n) is 2.80. The second-order valence-corrected chi connectivity index (χ2v) is 2.80. The lowest BCUT2D eigenvalue weighted by Crippen LogP contribution is -2.14. The molecule has 0 amide bonds. The Morgan fingerprint density at radius 2 is 2.19 bits per heavy atom. The molecular weight excluding hydrogens is 227 g/mol. The Balaban J connectivity index is 2.27. The molecule has 0 aliphatic rings. The summed E-state index contributed by atoms with van der Waals surface area (Å²) < 4.78 is 35.0. The average Bonchev–Trinajstić information content (AvgIpc) is 2.24. The Morgan fingerprint density at radius 1 is 1.44 bits per heavy atom. The van der Waals surface area contributed by atoms with E-state index < -0.39 is 25.2 Å². The van der Waals surface area contributed by atoms with E-state index in [2.05, 4.69) is 14.8 Å². The van der Waals surface area contributed by atoms with Crippen LogP contribution in [0.3, 0.4) is 0 Å². The fraction of sp³-hybridized carbons (Fsp3) is 0.333. The molecule has 1 heterocycles. The monoisotopic (exact) mass is 235 g/mol. The molecule has 0 N–H and O–H groups in total. The number of hydrogen-bond acceptors (Lipinski definition) is 4. The maximum atomic E-state index is 11.7. The van der Waals surface area contributed by atoms with E-state index >= 15 is 0 Å². The molecule has 0 aliphatic heterocycles. The standard InChI is InChI=1S/C9H8F3NO3/c10-9(11,12)3-5-15-16-8(14)7-2-1-4-13-6-7/h1-2,4,6H,3,5H2. The molecule has 1 aromatic heterocycles. The minimum atomic E-state index is -4.33. The largest absolute Gasteiger partial charge is 0.391 e. The first-order valence-electron chi connectivity index (χ1n) is 4.29. The Labute approximate surface area is 88.9 Å². The lowest BCUT2D eigenvalue weighted by molar-refractivity contribution is -0.258. The molecule has 0 bridgehead atoms. The SMILES string of the molecule is O=C(OOCCC(F)(F)F)c1cccnc1. The zero-order valence-electron chi connectivity index (χ0n) is 8.03. The van der Waals surface area contributed by atoms with Crippen LogP contribution in [0.1, 0.15) is 16.8 Å². The molecular formula is C9H8F3NO3. The molecule has 0 radical (unpaired) electrons. The van der Waals surface area contributed by atoms with Crippen molar-refractivity contribution in [3.63, 3.8) is 0 Å². The van der Waals surface area contributed by atoms with Gasteiger partial charge in [-0.2, -0.15) is 18.1 Å². The van der Waals surface area contributed by atoms with Crippen LogP contribution < -0.4 is 0 Å². The summed E-state index contributed by atoms with van der Waals surface area (Å²) in [7, 11) is 0. The van der Waals surface area contributed by atoms with Crippen molar-refractivity contribution < 1.29 is 27.7 Å². The van der Waals surface area contributed by atoms with E-state index in [9.17, 15) is 18.0 Å². The first-order valence-corrected chi connectivity index (χ1v) is 4.29. The highest BCUT2D eigenvalue weighted by molar-refractivity contribution is 5.88. The summed E-state index contributed by atoms with van der Waals surface area (Å²) in [5.74, 6) is -0.879. The summed E-state index contributed by atoms with van der Waals surface area (Å²) >= 11 is 0. The van der Waals surface area contributed by atoms with Crippen LogP contribution in [-0.4, -0.2) is 23.7 Å². The summed E-state index contributed by atoms with van der Waals surface area (Å²) in [5.41, 5.74) is 0.106. The molecule has 0 aliphatic carbocycles. The lowest BCUT2D eigenvalue weighted by atomic mass is 10.3. The molecule has 0 aromatic carbocycles. The van der Waals surface area contributed by atoms with Crippen LogP contribution >= 0.6 is 0 Å². The molecule has 0 saturated heterocycles. The average molecular weight is 235 g/mol. The zero-order chi connectivity index (χ0) is 12.0. The highest BCUT2D eigenvalue weighted by Gasteiger charge is 2.27. The van der Waals surface area contributed by atoms with Crippen molar-refractivity contribution in [1.82, 2.24) is 4.98 Å². The van der Waals surface area contributed by atoms with Crippen molar-refractivity contribution in [1.29, 1.82) is 0 Å². The van der Waals surface area contributed by atoms with Gasteiger partial charge in [-0.25, -0.2) is 4.79 Å². The molecule has 0 fully saturated rings. The van der Waals surface area contributed by atoms with Gasteiger partial charge in [0.1, 0.15) is 6.61 Å². The lowest BCUT2D eigenvalue weighted by Gasteiger charge is -2.05. The van der Waals surface area contributed by atoms with Crippen LogP contribution in [-0.2, 0) is 9.78 Å². The molecule has 1 aromatic rings. The van der Waals surface area contributed by atoms with Gasteiger partial charge in [0.25, 0.3) is 0 Å². The summed E-state index contributed by atoms with van der Waals surface area (Å²) in [5, 5.41) is 0. The molecule has 1 rings (SSSR count). The number of pyridine rings is 1. The number of hydrogen-bond donors (Lipinski definition) is 0. The molecule has 0 saturated carbocycles. The minimum absolute atomic E-state index is 0.106. The Kier molecular flexibility index (Phi) is 4.24. The third kappa shape index (κ3) is 4.74. The van der Waals surface area contributed by atoms with Gasteiger partial charge in [0.2, 0.25) is 0 Å². The van der Waals surface area contributed by atoms with Crippen LogP contribution in [0.2, 0.25) is 0 Å². The minimum Gasteiger partial charge on any atom is -0.293 e. The topological polar surface area (TPSA) is 48.4 Å². The molecule has 0 atom stereocenters. The number of carbonyl (C=O) groups excluding carboxylic acids is 1. The Bertz CT molecular complexity index is 340. The van der Waals surface area contributed by atoms with Gasteiger partial charge in [0, 0.05) is 12.4 Å². The van der Waals surface area contributed by atoms with Crippen molar-refractivity contribution in [2.24, 2.45) is 0 Å². The first-order chi connectivity index (χ1) is 7.49. The van der Waals surface area contributed by atoms with Gasteiger partial charge in [-0.05, 0) is 12.1 Å².